The summed E-state index contributed by atoms with van der Waals surface area (Å²) in [5.74, 6) is -0.453. The lowest BCUT2D eigenvalue weighted by Crippen LogP contribution is -2.33. The summed E-state index contributed by atoms with van der Waals surface area (Å²) in [6, 6.07) is 6.30. The second kappa shape index (κ2) is 7.20. The van der Waals surface area contributed by atoms with E-state index in [-0.39, 0.29) is 17.6 Å². The highest BCUT2D eigenvalue weighted by Crippen LogP contribution is 2.18. The average molecular weight is 304 g/mol. The number of rotatable bonds is 6. The molecule has 0 aromatic heterocycles. The molecule has 2 rings (SSSR count). The molecule has 4 nitrogen and oxygen atoms in total. The molecule has 22 heavy (non-hydrogen) atoms. The van der Waals surface area contributed by atoms with E-state index in [9.17, 15) is 14.0 Å². The van der Waals surface area contributed by atoms with E-state index in [4.69, 9.17) is 0 Å². The van der Waals surface area contributed by atoms with Crippen molar-refractivity contribution < 1.29 is 14.0 Å². The number of carbonyl (C=O) groups excluding carboxylic acids is 2. The number of hydrogen-bond donors (Lipinski definition) is 1. The summed E-state index contributed by atoms with van der Waals surface area (Å²) < 4.78 is 12.8. The second-order valence-corrected chi connectivity index (χ2v) is 5.70. The first kappa shape index (κ1) is 16.2. The molecular weight excluding hydrogens is 283 g/mol. The smallest absolute Gasteiger partial charge is 0.249 e. The molecule has 0 heterocycles. The van der Waals surface area contributed by atoms with Gasteiger partial charge in [-0.05, 0) is 43.5 Å². The Labute approximate surface area is 130 Å². The number of nitrogens with one attached hydrogen (secondary N) is 1. The standard InChI is InChI=1S/C17H21FN2O2/c1-12(11-13-3-5-14(18)6-4-13)17(22)20(2)10-9-16(21)19-15-7-8-15/h3-6,11,15H,7-10H2,1-2H3,(H,19,21). The van der Waals surface area contributed by atoms with Crippen LogP contribution in [0.4, 0.5) is 4.39 Å². The Kier molecular flexibility index (Phi) is 5.31. The minimum Gasteiger partial charge on any atom is -0.353 e. The number of benzene rings is 1. The van der Waals surface area contributed by atoms with Gasteiger partial charge in [0.25, 0.3) is 0 Å². The maximum absolute atomic E-state index is 12.8. The van der Waals surface area contributed by atoms with Crippen LogP contribution in [0.15, 0.2) is 29.8 Å². The van der Waals surface area contributed by atoms with Crippen molar-refractivity contribution in [2.45, 2.75) is 32.2 Å². The van der Waals surface area contributed by atoms with E-state index >= 15 is 0 Å². The molecule has 0 radical (unpaired) electrons. The van der Waals surface area contributed by atoms with E-state index in [0.717, 1.165) is 18.4 Å². The van der Waals surface area contributed by atoms with Crippen molar-refractivity contribution in [3.05, 3.63) is 41.2 Å². The Hall–Kier alpha value is -2.17. The fourth-order valence-electron chi connectivity index (χ4n) is 2.07. The van der Waals surface area contributed by atoms with Crippen LogP contribution in [-0.4, -0.2) is 36.3 Å². The van der Waals surface area contributed by atoms with Crippen molar-refractivity contribution in [3.63, 3.8) is 0 Å². The van der Waals surface area contributed by atoms with Crippen LogP contribution in [-0.2, 0) is 9.59 Å². The molecule has 0 atom stereocenters. The molecular formula is C17H21FN2O2. The lowest BCUT2D eigenvalue weighted by atomic mass is 10.1. The molecule has 0 bridgehead atoms. The van der Waals surface area contributed by atoms with Crippen LogP contribution in [0.3, 0.4) is 0 Å². The molecule has 1 aliphatic rings. The Morgan fingerprint density at radius 3 is 2.55 bits per heavy atom. The van der Waals surface area contributed by atoms with Crippen LogP contribution in [0.1, 0.15) is 31.7 Å². The Balaban J connectivity index is 1.85. The van der Waals surface area contributed by atoms with E-state index in [2.05, 4.69) is 5.32 Å². The van der Waals surface area contributed by atoms with Gasteiger partial charge in [-0.25, -0.2) is 4.39 Å². The van der Waals surface area contributed by atoms with Crippen LogP contribution < -0.4 is 5.32 Å². The first-order chi connectivity index (χ1) is 10.5. The first-order valence-electron chi connectivity index (χ1n) is 7.44. The van der Waals surface area contributed by atoms with E-state index < -0.39 is 0 Å². The highest BCUT2D eigenvalue weighted by Gasteiger charge is 2.23. The molecule has 1 N–H and O–H groups in total. The predicted octanol–water partition coefficient (Wildman–Crippen LogP) is 2.36. The lowest BCUT2D eigenvalue weighted by Gasteiger charge is -2.17. The van der Waals surface area contributed by atoms with Gasteiger partial charge in [0.1, 0.15) is 5.82 Å². The number of nitrogens with zero attached hydrogens (tertiary/aromatic N) is 1. The average Bonchev–Trinajstić information content (AvgIpc) is 3.30. The fourth-order valence-corrected chi connectivity index (χ4v) is 2.07. The van der Waals surface area contributed by atoms with Crippen LogP contribution in [0.2, 0.25) is 0 Å². The quantitative estimate of drug-likeness (QED) is 0.820. The van der Waals surface area contributed by atoms with Gasteiger partial charge < -0.3 is 10.2 Å². The maximum atomic E-state index is 12.8. The number of amides is 2. The molecule has 0 spiro atoms. The summed E-state index contributed by atoms with van der Waals surface area (Å²) >= 11 is 0. The van der Waals surface area contributed by atoms with Gasteiger partial charge in [-0.3, -0.25) is 9.59 Å². The summed E-state index contributed by atoms with van der Waals surface area (Å²) in [6.07, 6.45) is 4.13. The maximum Gasteiger partial charge on any atom is 0.249 e. The Bertz CT molecular complexity index is 577. The van der Waals surface area contributed by atoms with E-state index in [1.807, 2.05) is 0 Å². The number of likely N-dealkylation sites (N-methyl/N-ethyl adjacent to an activating group) is 1. The lowest BCUT2D eigenvalue weighted by molar-refractivity contribution is -0.127. The topological polar surface area (TPSA) is 49.4 Å². The van der Waals surface area contributed by atoms with Crippen molar-refractivity contribution in [1.82, 2.24) is 10.2 Å². The van der Waals surface area contributed by atoms with Crippen LogP contribution >= 0.6 is 0 Å². The summed E-state index contributed by atoms with van der Waals surface area (Å²) in [7, 11) is 1.68. The van der Waals surface area contributed by atoms with Crippen molar-refractivity contribution in [3.8, 4) is 0 Å². The van der Waals surface area contributed by atoms with Crippen LogP contribution in [0.5, 0.6) is 0 Å². The molecule has 0 saturated heterocycles. The number of hydrogen-bond acceptors (Lipinski definition) is 2. The van der Waals surface area contributed by atoms with Gasteiger partial charge in [-0.2, -0.15) is 0 Å². The Morgan fingerprint density at radius 1 is 1.32 bits per heavy atom. The van der Waals surface area contributed by atoms with E-state index in [1.54, 1.807) is 32.2 Å². The third-order valence-corrected chi connectivity index (χ3v) is 3.55. The summed E-state index contributed by atoms with van der Waals surface area (Å²) in [5.41, 5.74) is 1.32. The Morgan fingerprint density at radius 2 is 1.95 bits per heavy atom. The molecule has 1 aromatic carbocycles. The molecule has 1 fully saturated rings. The molecule has 5 heteroatoms. The van der Waals surface area contributed by atoms with Gasteiger partial charge in [0, 0.05) is 31.6 Å². The molecule has 0 unspecified atom stereocenters. The van der Waals surface area contributed by atoms with Crippen molar-refractivity contribution in [2.75, 3.05) is 13.6 Å². The fraction of sp³-hybridized carbons (Fsp3) is 0.412. The first-order valence-corrected chi connectivity index (χ1v) is 7.44. The third kappa shape index (κ3) is 4.98. The second-order valence-electron chi connectivity index (χ2n) is 5.70. The molecule has 1 saturated carbocycles. The normalized spacial score (nSPS) is 14.6. The van der Waals surface area contributed by atoms with Crippen molar-refractivity contribution in [2.24, 2.45) is 0 Å². The van der Waals surface area contributed by atoms with Gasteiger partial charge >= 0.3 is 0 Å². The van der Waals surface area contributed by atoms with Gasteiger partial charge in [-0.1, -0.05) is 12.1 Å². The monoisotopic (exact) mass is 304 g/mol. The highest BCUT2D eigenvalue weighted by atomic mass is 19.1. The van der Waals surface area contributed by atoms with Crippen molar-refractivity contribution >= 4 is 17.9 Å². The third-order valence-electron chi connectivity index (χ3n) is 3.55. The molecule has 2 amide bonds. The highest BCUT2D eigenvalue weighted by molar-refractivity contribution is 5.97. The predicted molar refractivity (Wildman–Crippen MR) is 83.5 cm³/mol. The van der Waals surface area contributed by atoms with Gasteiger partial charge in [-0.15, -0.1) is 0 Å². The van der Waals surface area contributed by atoms with Gasteiger partial charge in [0.15, 0.2) is 0 Å². The molecule has 0 aliphatic heterocycles. The minimum atomic E-state index is -0.306. The van der Waals surface area contributed by atoms with Crippen LogP contribution in [0, 0.1) is 5.82 Å². The zero-order valence-corrected chi connectivity index (χ0v) is 12.9. The van der Waals surface area contributed by atoms with E-state index in [0.29, 0.717) is 24.6 Å². The molecule has 1 aromatic rings. The zero-order chi connectivity index (χ0) is 16.1. The summed E-state index contributed by atoms with van der Waals surface area (Å²) in [5, 5.41) is 2.90. The number of halogens is 1. The largest absolute Gasteiger partial charge is 0.353 e. The molecule has 118 valence electrons. The van der Waals surface area contributed by atoms with Crippen LogP contribution in [0.25, 0.3) is 6.08 Å². The zero-order valence-electron chi connectivity index (χ0n) is 12.9. The SMILES string of the molecule is CC(=Cc1ccc(F)cc1)C(=O)N(C)CCC(=O)NC1CC1. The number of carbonyl (C=O) groups is 2. The van der Waals surface area contributed by atoms with E-state index in [1.165, 1.54) is 17.0 Å². The van der Waals surface area contributed by atoms with Crippen molar-refractivity contribution in [1.29, 1.82) is 0 Å². The summed E-state index contributed by atoms with van der Waals surface area (Å²) in [6.45, 7) is 2.10. The van der Waals surface area contributed by atoms with Gasteiger partial charge in [0.2, 0.25) is 11.8 Å². The summed E-state index contributed by atoms with van der Waals surface area (Å²) in [4.78, 5) is 25.4. The van der Waals surface area contributed by atoms with Gasteiger partial charge in [0.05, 0.1) is 0 Å². The molecule has 1 aliphatic carbocycles. The minimum absolute atomic E-state index is 0.0117.